The first-order chi connectivity index (χ1) is 6.97. The van der Waals surface area contributed by atoms with Crippen molar-refractivity contribution in [1.82, 2.24) is 5.32 Å². The highest BCUT2D eigenvalue weighted by atomic mass is 16.6. The summed E-state index contributed by atoms with van der Waals surface area (Å²) in [6.07, 6.45) is 5.20. The van der Waals surface area contributed by atoms with E-state index >= 15 is 0 Å². The van der Waals surface area contributed by atoms with Crippen LogP contribution in [0.3, 0.4) is 0 Å². The molecule has 1 fully saturated rings. The standard InChI is InChI=1S/C12H23NO2/c1-12(2,3)15-11(14)8-7-10-6-4-5-9-13-10/h10,13H,4-9H2,1-3H3/t10-/m0/s1. The summed E-state index contributed by atoms with van der Waals surface area (Å²) in [5.41, 5.74) is -0.350. The Labute approximate surface area is 92.6 Å². The SMILES string of the molecule is CC(C)(C)OC(=O)CC[C@@H]1CCCCN1. The average molecular weight is 213 g/mol. The number of nitrogens with one attached hydrogen (secondary N) is 1. The molecule has 3 nitrogen and oxygen atoms in total. The normalized spacial score (nSPS) is 22.5. The van der Waals surface area contributed by atoms with Crippen LogP contribution in [0.25, 0.3) is 0 Å². The minimum Gasteiger partial charge on any atom is -0.460 e. The monoisotopic (exact) mass is 213 g/mol. The second kappa shape index (κ2) is 5.50. The minimum atomic E-state index is -0.350. The number of hydrogen-bond acceptors (Lipinski definition) is 3. The van der Waals surface area contributed by atoms with Gasteiger partial charge in [0.1, 0.15) is 5.60 Å². The molecule has 0 amide bonds. The van der Waals surface area contributed by atoms with Crippen molar-refractivity contribution in [3.05, 3.63) is 0 Å². The second-order valence-corrected chi connectivity index (χ2v) is 5.27. The molecule has 1 N–H and O–H groups in total. The van der Waals surface area contributed by atoms with Gasteiger partial charge in [-0.3, -0.25) is 4.79 Å². The molecule has 0 saturated carbocycles. The Kier molecular flexibility index (Phi) is 4.58. The van der Waals surface area contributed by atoms with Crippen LogP contribution in [0.15, 0.2) is 0 Å². The molecule has 3 heteroatoms. The predicted molar refractivity (Wildman–Crippen MR) is 60.7 cm³/mol. The molecule has 1 heterocycles. The highest BCUT2D eigenvalue weighted by Gasteiger charge is 2.18. The predicted octanol–water partition coefficient (Wildman–Crippen LogP) is 2.25. The van der Waals surface area contributed by atoms with Gasteiger partial charge in [-0.05, 0) is 46.6 Å². The lowest BCUT2D eigenvalue weighted by Gasteiger charge is -2.24. The fraction of sp³-hybridized carbons (Fsp3) is 0.917. The van der Waals surface area contributed by atoms with Gasteiger partial charge in [-0.25, -0.2) is 0 Å². The Balaban J connectivity index is 2.15. The summed E-state index contributed by atoms with van der Waals surface area (Å²) in [7, 11) is 0. The van der Waals surface area contributed by atoms with E-state index in [-0.39, 0.29) is 11.6 Å². The Morgan fingerprint density at radius 3 is 2.67 bits per heavy atom. The molecule has 0 radical (unpaired) electrons. The van der Waals surface area contributed by atoms with E-state index in [1.165, 1.54) is 19.3 Å². The molecule has 0 unspecified atom stereocenters. The van der Waals surface area contributed by atoms with Crippen molar-refractivity contribution in [3.8, 4) is 0 Å². The van der Waals surface area contributed by atoms with Crippen LogP contribution >= 0.6 is 0 Å². The van der Waals surface area contributed by atoms with Crippen molar-refractivity contribution in [2.75, 3.05) is 6.54 Å². The van der Waals surface area contributed by atoms with Crippen LogP contribution in [0.2, 0.25) is 0 Å². The van der Waals surface area contributed by atoms with Crippen LogP contribution in [-0.2, 0) is 9.53 Å². The summed E-state index contributed by atoms with van der Waals surface area (Å²) in [5, 5.41) is 3.43. The van der Waals surface area contributed by atoms with E-state index in [9.17, 15) is 4.79 Å². The summed E-state index contributed by atoms with van der Waals surface area (Å²) in [6.45, 7) is 6.82. The molecule has 1 aliphatic heterocycles. The molecule has 0 aliphatic carbocycles. The first kappa shape index (κ1) is 12.5. The first-order valence-electron chi connectivity index (χ1n) is 5.92. The van der Waals surface area contributed by atoms with Gasteiger partial charge in [0.05, 0.1) is 0 Å². The first-order valence-corrected chi connectivity index (χ1v) is 5.92. The van der Waals surface area contributed by atoms with E-state index in [4.69, 9.17) is 4.74 Å². The summed E-state index contributed by atoms with van der Waals surface area (Å²) in [4.78, 5) is 11.5. The van der Waals surface area contributed by atoms with Crippen LogP contribution in [0.1, 0.15) is 52.9 Å². The lowest BCUT2D eigenvalue weighted by atomic mass is 10.0. The topological polar surface area (TPSA) is 38.3 Å². The number of piperidine rings is 1. The molecular formula is C12H23NO2. The third kappa shape index (κ3) is 5.78. The second-order valence-electron chi connectivity index (χ2n) is 5.27. The number of ether oxygens (including phenoxy) is 1. The molecule has 1 saturated heterocycles. The lowest BCUT2D eigenvalue weighted by Crippen LogP contribution is -2.34. The van der Waals surface area contributed by atoms with Crippen LogP contribution in [0, 0.1) is 0 Å². The van der Waals surface area contributed by atoms with E-state index < -0.39 is 0 Å². The molecule has 0 aromatic carbocycles. The number of rotatable bonds is 3. The van der Waals surface area contributed by atoms with Gasteiger partial charge in [0, 0.05) is 12.5 Å². The minimum absolute atomic E-state index is 0.0742. The fourth-order valence-corrected chi connectivity index (χ4v) is 1.86. The molecule has 0 bridgehead atoms. The fourth-order valence-electron chi connectivity index (χ4n) is 1.86. The summed E-state index contributed by atoms with van der Waals surface area (Å²) in [6, 6.07) is 0.520. The maximum Gasteiger partial charge on any atom is 0.306 e. The van der Waals surface area contributed by atoms with Crippen molar-refractivity contribution in [2.45, 2.75) is 64.5 Å². The summed E-state index contributed by atoms with van der Waals surface area (Å²) < 4.78 is 5.26. The average Bonchev–Trinajstić information content (AvgIpc) is 2.14. The molecule has 1 atom stereocenters. The highest BCUT2D eigenvalue weighted by Crippen LogP contribution is 2.14. The lowest BCUT2D eigenvalue weighted by molar-refractivity contribution is -0.155. The Morgan fingerprint density at radius 2 is 2.13 bits per heavy atom. The van der Waals surface area contributed by atoms with Gasteiger partial charge >= 0.3 is 5.97 Å². The van der Waals surface area contributed by atoms with Crippen LogP contribution in [0.5, 0.6) is 0 Å². The zero-order chi connectivity index (χ0) is 11.3. The molecule has 0 spiro atoms. The van der Waals surface area contributed by atoms with Crippen molar-refractivity contribution in [1.29, 1.82) is 0 Å². The van der Waals surface area contributed by atoms with Crippen molar-refractivity contribution < 1.29 is 9.53 Å². The van der Waals surface area contributed by atoms with Crippen LogP contribution in [-0.4, -0.2) is 24.2 Å². The molecule has 88 valence electrons. The molecule has 15 heavy (non-hydrogen) atoms. The number of carbonyl (C=O) groups excluding carboxylic acids is 1. The largest absolute Gasteiger partial charge is 0.460 e. The molecule has 1 rings (SSSR count). The number of carbonyl (C=O) groups is 1. The van der Waals surface area contributed by atoms with E-state index in [0.717, 1.165) is 13.0 Å². The van der Waals surface area contributed by atoms with Crippen LogP contribution in [0.4, 0.5) is 0 Å². The number of hydrogen-bond donors (Lipinski definition) is 1. The van der Waals surface area contributed by atoms with Crippen molar-refractivity contribution in [3.63, 3.8) is 0 Å². The van der Waals surface area contributed by atoms with E-state index in [0.29, 0.717) is 12.5 Å². The maximum atomic E-state index is 11.5. The van der Waals surface area contributed by atoms with Gasteiger partial charge in [0.15, 0.2) is 0 Å². The highest BCUT2D eigenvalue weighted by molar-refractivity contribution is 5.69. The molecule has 0 aromatic rings. The number of esters is 1. The molecule has 0 aromatic heterocycles. The summed E-state index contributed by atoms with van der Waals surface area (Å²) in [5.74, 6) is -0.0742. The molecule has 1 aliphatic rings. The van der Waals surface area contributed by atoms with Gasteiger partial charge < -0.3 is 10.1 Å². The van der Waals surface area contributed by atoms with Crippen molar-refractivity contribution in [2.24, 2.45) is 0 Å². The zero-order valence-corrected chi connectivity index (χ0v) is 10.1. The van der Waals surface area contributed by atoms with E-state index in [1.807, 2.05) is 20.8 Å². The van der Waals surface area contributed by atoms with Gasteiger partial charge in [0.2, 0.25) is 0 Å². The maximum absolute atomic E-state index is 11.5. The Hall–Kier alpha value is -0.570. The van der Waals surface area contributed by atoms with Gasteiger partial charge in [-0.2, -0.15) is 0 Å². The van der Waals surface area contributed by atoms with E-state index in [1.54, 1.807) is 0 Å². The van der Waals surface area contributed by atoms with Crippen LogP contribution < -0.4 is 5.32 Å². The third-order valence-electron chi connectivity index (χ3n) is 2.53. The van der Waals surface area contributed by atoms with Gasteiger partial charge in [0.25, 0.3) is 0 Å². The zero-order valence-electron chi connectivity index (χ0n) is 10.1. The van der Waals surface area contributed by atoms with Gasteiger partial charge in [-0.1, -0.05) is 6.42 Å². The van der Waals surface area contributed by atoms with Gasteiger partial charge in [-0.15, -0.1) is 0 Å². The quantitative estimate of drug-likeness (QED) is 0.731. The smallest absolute Gasteiger partial charge is 0.306 e. The molecular weight excluding hydrogens is 190 g/mol. The summed E-state index contributed by atoms with van der Waals surface area (Å²) >= 11 is 0. The van der Waals surface area contributed by atoms with E-state index in [2.05, 4.69) is 5.32 Å². The Morgan fingerprint density at radius 1 is 1.40 bits per heavy atom. The third-order valence-corrected chi connectivity index (χ3v) is 2.53. The Bertz CT molecular complexity index is 202. The van der Waals surface area contributed by atoms with Crippen molar-refractivity contribution >= 4 is 5.97 Å².